The van der Waals surface area contributed by atoms with Crippen molar-refractivity contribution in [1.29, 1.82) is 0 Å². The molecule has 0 saturated heterocycles. The number of pyridine rings is 1. The van der Waals surface area contributed by atoms with Crippen molar-refractivity contribution in [3.05, 3.63) is 42.1 Å². The molecular formula is C18H24N2. The van der Waals surface area contributed by atoms with Crippen LogP contribution >= 0.6 is 0 Å². The Morgan fingerprint density at radius 1 is 1.20 bits per heavy atom. The average Bonchev–Trinajstić information content (AvgIpc) is 2.49. The lowest BCUT2D eigenvalue weighted by atomic mass is 9.80. The molecule has 1 fully saturated rings. The number of hydrogen-bond donors (Lipinski definition) is 1. The molecule has 1 aliphatic rings. The second-order valence-electron chi connectivity index (χ2n) is 6.18. The first-order valence-corrected chi connectivity index (χ1v) is 7.87. The molecule has 2 unspecified atom stereocenters. The molecule has 1 N–H and O–H groups in total. The molecule has 1 aliphatic carbocycles. The molecule has 0 aliphatic heterocycles. The summed E-state index contributed by atoms with van der Waals surface area (Å²) < 4.78 is 0. The van der Waals surface area contributed by atoms with Gasteiger partial charge < -0.3 is 5.32 Å². The maximum Gasteiger partial charge on any atom is 0.0702 e. The standard InChI is InChI=1S/C18H24N2/c1-14-5-2-3-6-17(14)13-19-12-15-8-9-18-16(11-15)7-4-10-20-18/h4,7-11,14,17,19H,2-3,5-6,12-13H2,1H3. The van der Waals surface area contributed by atoms with Crippen molar-refractivity contribution in [2.24, 2.45) is 11.8 Å². The minimum Gasteiger partial charge on any atom is -0.312 e. The second kappa shape index (κ2) is 6.36. The van der Waals surface area contributed by atoms with Gasteiger partial charge in [0.05, 0.1) is 5.52 Å². The van der Waals surface area contributed by atoms with Crippen LogP contribution in [0.2, 0.25) is 0 Å². The van der Waals surface area contributed by atoms with E-state index < -0.39 is 0 Å². The van der Waals surface area contributed by atoms with Crippen LogP contribution in [0.5, 0.6) is 0 Å². The van der Waals surface area contributed by atoms with Gasteiger partial charge in [0.15, 0.2) is 0 Å². The topological polar surface area (TPSA) is 24.9 Å². The Labute approximate surface area is 121 Å². The Morgan fingerprint density at radius 2 is 2.10 bits per heavy atom. The number of benzene rings is 1. The van der Waals surface area contributed by atoms with E-state index in [0.29, 0.717) is 0 Å². The molecule has 0 bridgehead atoms. The van der Waals surface area contributed by atoms with E-state index in [1.165, 1.54) is 36.6 Å². The van der Waals surface area contributed by atoms with Gasteiger partial charge in [0.1, 0.15) is 0 Å². The Kier molecular flexibility index (Phi) is 4.31. The van der Waals surface area contributed by atoms with E-state index in [4.69, 9.17) is 0 Å². The smallest absolute Gasteiger partial charge is 0.0702 e. The van der Waals surface area contributed by atoms with Gasteiger partial charge in [-0.2, -0.15) is 0 Å². The van der Waals surface area contributed by atoms with Crippen LogP contribution in [0, 0.1) is 11.8 Å². The fraction of sp³-hybridized carbons (Fsp3) is 0.500. The van der Waals surface area contributed by atoms with Gasteiger partial charge in [0, 0.05) is 18.1 Å². The zero-order valence-electron chi connectivity index (χ0n) is 12.3. The Morgan fingerprint density at radius 3 is 3.00 bits per heavy atom. The van der Waals surface area contributed by atoms with Crippen molar-refractivity contribution < 1.29 is 0 Å². The maximum atomic E-state index is 4.37. The van der Waals surface area contributed by atoms with E-state index in [2.05, 4.69) is 41.5 Å². The third-order valence-electron chi connectivity index (χ3n) is 4.69. The molecule has 3 rings (SSSR count). The third-order valence-corrected chi connectivity index (χ3v) is 4.69. The Hall–Kier alpha value is -1.41. The van der Waals surface area contributed by atoms with Gasteiger partial charge in [0.2, 0.25) is 0 Å². The molecule has 2 heteroatoms. The molecule has 2 nitrogen and oxygen atoms in total. The van der Waals surface area contributed by atoms with Crippen LogP contribution in [0.25, 0.3) is 10.9 Å². The van der Waals surface area contributed by atoms with Gasteiger partial charge >= 0.3 is 0 Å². The summed E-state index contributed by atoms with van der Waals surface area (Å²) in [5.74, 6) is 1.75. The van der Waals surface area contributed by atoms with E-state index in [9.17, 15) is 0 Å². The molecule has 1 aromatic heterocycles. The van der Waals surface area contributed by atoms with Crippen molar-refractivity contribution in [3.8, 4) is 0 Å². The van der Waals surface area contributed by atoms with Gasteiger partial charge in [-0.05, 0) is 48.6 Å². The van der Waals surface area contributed by atoms with E-state index in [1.807, 2.05) is 12.3 Å². The summed E-state index contributed by atoms with van der Waals surface area (Å²) in [7, 11) is 0. The fourth-order valence-corrected chi connectivity index (χ4v) is 3.33. The molecule has 2 atom stereocenters. The van der Waals surface area contributed by atoms with Crippen LogP contribution in [-0.4, -0.2) is 11.5 Å². The minimum absolute atomic E-state index is 0.867. The highest BCUT2D eigenvalue weighted by molar-refractivity contribution is 5.78. The minimum atomic E-state index is 0.867. The molecule has 0 radical (unpaired) electrons. The first-order valence-electron chi connectivity index (χ1n) is 7.87. The molecule has 1 heterocycles. The summed E-state index contributed by atoms with van der Waals surface area (Å²) in [6.45, 7) is 4.54. The highest BCUT2D eigenvalue weighted by Gasteiger charge is 2.20. The number of nitrogens with zero attached hydrogens (tertiary/aromatic N) is 1. The highest BCUT2D eigenvalue weighted by Crippen LogP contribution is 2.28. The van der Waals surface area contributed by atoms with Crippen LogP contribution in [0.1, 0.15) is 38.2 Å². The summed E-state index contributed by atoms with van der Waals surface area (Å²) in [6.07, 6.45) is 7.50. The highest BCUT2D eigenvalue weighted by atomic mass is 14.9. The molecule has 106 valence electrons. The van der Waals surface area contributed by atoms with Gasteiger partial charge in [-0.25, -0.2) is 0 Å². The van der Waals surface area contributed by atoms with Gasteiger partial charge in [0.25, 0.3) is 0 Å². The van der Waals surface area contributed by atoms with Gasteiger partial charge in [-0.15, -0.1) is 0 Å². The maximum absolute atomic E-state index is 4.37. The molecule has 1 aromatic carbocycles. The van der Waals surface area contributed by atoms with Crippen molar-refractivity contribution in [2.45, 2.75) is 39.2 Å². The number of fused-ring (bicyclic) bond motifs is 1. The molecule has 1 saturated carbocycles. The lowest BCUT2D eigenvalue weighted by Gasteiger charge is -2.28. The van der Waals surface area contributed by atoms with E-state index >= 15 is 0 Å². The fourth-order valence-electron chi connectivity index (χ4n) is 3.33. The molecule has 20 heavy (non-hydrogen) atoms. The number of aromatic nitrogens is 1. The Balaban J connectivity index is 1.56. The Bertz CT molecular complexity index is 564. The van der Waals surface area contributed by atoms with Crippen LogP contribution in [0.4, 0.5) is 0 Å². The lowest BCUT2D eigenvalue weighted by molar-refractivity contribution is 0.247. The quantitative estimate of drug-likeness (QED) is 0.901. The third kappa shape index (κ3) is 3.18. The zero-order chi connectivity index (χ0) is 13.8. The zero-order valence-corrected chi connectivity index (χ0v) is 12.3. The molecule has 0 spiro atoms. The summed E-state index contributed by atoms with van der Waals surface area (Å²) in [6, 6.07) is 10.7. The summed E-state index contributed by atoms with van der Waals surface area (Å²) >= 11 is 0. The summed E-state index contributed by atoms with van der Waals surface area (Å²) in [5, 5.41) is 4.88. The van der Waals surface area contributed by atoms with Crippen molar-refractivity contribution >= 4 is 10.9 Å². The molecule has 0 amide bonds. The first kappa shape index (κ1) is 13.6. The van der Waals surface area contributed by atoms with Crippen LogP contribution in [0.3, 0.4) is 0 Å². The molecule has 2 aromatic rings. The predicted molar refractivity (Wildman–Crippen MR) is 84.6 cm³/mol. The van der Waals surface area contributed by atoms with Gasteiger partial charge in [-0.1, -0.05) is 38.3 Å². The first-order chi connectivity index (χ1) is 9.83. The summed E-state index contributed by atoms with van der Waals surface area (Å²) in [5.41, 5.74) is 2.44. The van der Waals surface area contributed by atoms with E-state index in [0.717, 1.165) is 30.4 Å². The van der Waals surface area contributed by atoms with E-state index in [1.54, 1.807) is 0 Å². The van der Waals surface area contributed by atoms with Crippen LogP contribution in [0.15, 0.2) is 36.5 Å². The van der Waals surface area contributed by atoms with Crippen molar-refractivity contribution in [2.75, 3.05) is 6.54 Å². The van der Waals surface area contributed by atoms with Crippen molar-refractivity contribution in [3.63, 3.8) is 0 Å². The predicted octanol–water partition coefficient (Wildman–Crippen LogP) is 4.15. The molecular weight excluding hydrogens is 244 g/mol. The van der Waals surface area contributed by atoms with Crippen LogP contribution < -0.4 is 5.32 Å². The average molecular weight is 268 g/mol. The number of nitrogens with one attached hydrogen (secondary N) is 1. The lowest BCUT2D eigenvalue weighted by Crippen LogP contribution is -2.29. The van der Waals surface area contributed by atoms with Crippen LogP contribution in [-0.2, 0) is 6.54 Å². The monoisotopic (exact) mass is 268 g/mol. The SMILES string of the molecule is CC1CCCCC1CNCc1ccc2ncccc2c1. The van der Waals surface area contributed by atoms with E-state index in [-0.39, 0.29) is 0 Å². The largest absolute Gasteiger partial charge is 0.312 e. The number of rotatable bonds is 4. The summed E-state index contributed by atoms with van der Waals surface area (Å²) in [4.78, 5) is 4.37. The van der Waals surface area contributed by atoms with Crippen molar-refractivity contribution in [1.82, 2.24) is 10.3 Å². The number of hydrogen-bond acceptors (Lipinski definition) is 2. The normalized spacial score (nSPS) is 23.1. The van der Waals surface area contributed by atoms with Gasteiger partial charge in [-0.3, -0.25) is 4.98 Å². The second-order valence-corrected chi connectivity index (χ2v) is 6.18.